The van der Waals surface area contributed by atoms with E-state index in [0.29, 0.717) is 57.1 Å². The van der Waals surface area contributed by atoms with E-state index in [1.807, 2.05) is 18.2 Å². The summed E-state index contributed by atoms with van der Waals surface area (Å²) in [4.78, 5) is 31.1. The summed E-state index contributed by atoms with van der Waals surface area (Å²) in [5, 5.41) is 11.2. The van der Waals surface area contributed by atoms with Gasteiger partial charge in [0, 0.05) is 54.8 Å². The second-order valence-electron chi connectivity index (χ2n) is 12.8. The Labute approximate surface area is 267 Å². The van der Waals surface area contributed by atoms with Gasteiger partial charge in [-0.05, 0) is 62.4 Å². The van der Waals surface area contributed by atoms with Gasteiger partial charge in [-0.1, -0.05) is 36.4 Å². The van der Waals surface area contributed by atoms with E-state index in [1.165, 1.54) is 18.6 Å². The van der Waals surface area contributed by atoms with Crippen LogP contribution < -0.4 is 14.5 Å². The summed E-state index contributed by atoms with van der Waals surface area (Å²) in [5.74, 6) is 0.196. The molecular formula is C34H37ClFN7O2. The van der Waals surface area contributed by atoms with Gasteiger partial charge in [0.1, 0.15) is 11.6 Å². The monoisotopic (exact) mass is 629 g/mol. The minimum Gasteiger partial charge on any atom is -0.463 e. The van der Waals surface area contributed by atoms with Crippen molar-refractivity contribution in [1.82, 2.24) is 19.8 Å². The first-order chi connectivity index (χ1) is 21.9. The van der Waals surface area contributed by atoms with Crippen molar-refractivity contribution in [3.63, 3.8) is 0 Å². The van der Waals surface area contributed by atoms with Gasteiger partial charge in [-0.15, -0.1) is 0 Å². The van der Waals surface area contributed by atoms with Crippen molar-refractivity contribution in [3.05, 3.63) is 65.1 Å². The van der Waals surface area contributed by atoms with Gasteiger partial charge in [-0.3, -0.25) is 4.79 Å². The average molecular weight is 630 g/mol. The number of nitriles is 1. The summed E-state index contributed by atoms with van der Waals surface area (Å²) in [6.45, 7) is 10.3. The Morgan fingerprint density at radius 1 is 1.16 bits per heavy atom. The molecule has 4 aliphatic rings. The number of ether oxygens (including phenoxy) is 1. The van der Waals surface area contributed by atoms with Crippen LogP contribution in [0.15, 0.2) is 43.0 Å². The topological polar surface area (TPSA) is 88.8 Å². The smallest absolute Gasteiger partial charge is 0.318 e. The van der Waals surface area contributed by atoms with E-state index >= 15 is 0 Å². The van der Waals surface area contributed by atoms with Crippen molar-refractivity contribution in [2.45, 2.75) is 44.7 Å². The minimum absolute atomic E-state index is 0.119. The van der Waals surface area contributed by atoms with Crippen molar-refractivity contribution in [2.24, 2.45) is 5.41 Å². The number of benzene rings is 2. The van der Waals surface area contributed by atoms with Crippen LogP contribution in [0.2, 0.25) is 5.02 Å². The van der Waals surface area contributed by atoms with Crippen LogP contribution in [0.4, 0.5) is 15.9 Å². The van der Waals surface area contributed by atoms with E-state index in [-0.39, 0.29) is 28.8 Å². The number of halogens is 2. The lowest BCUT2D eigenvalue weighted by molar-refractivity contribution is -0.128. The number of piperazine rings is 1. The van der Waals surface area contributed by atoms with Gasteiger partial charge in [0.15, 0.2) is 0 Å². The molecule has 3 aromatic rings. The molecule has 0 radical (unpaired) electrons. The minimum atomic E-state index is -0.442. The maximum Gasteiger partial charge on any atom is 0.318 e. The van der Waals surface area contributed by atoms with Crippen LogP contribution in [-0.2, 0) is 17.8 Å². The van der Waals surface area contributed by atoms with Crippen molar-refractivity contribution in [1.29, 1.82) is 5.26 Å². The highest BCUT2D eigenvalue weighted by Gasteiger charge is 2.46. The van der Waals surface area contributed by atoms with E-state index in [0.717, 1.165) is 60.6 Å². The number of nitrogens with zero attached hydrogens (tertiary/aromatic N) is 7. The molecule has 234 valence electrons. The molecule has 45 heavy (non-hydrogen) atoms. The molecule has 1 amide bonds. The normalized spacial score (nSPS) is 20.7. The van der Waals surface area contributed by atoms with Crippen molar-refractivity contribution >= 4 is 39.8 Å². The Hall–Kier alpha value is -3.94. The lowest BCUT2D eigenvalue weighted by Crippen LogP contribution is -2.55. The fraction of sp³-hybridized carbons (Fsp3) is 0.471. The predicted molar refractivity (Wildman–Crippen MR) is 172 cm³/mol. The standard InChI is InChI=1S/C34H37ClFN7O2/c1-2-29(44)43-18-17-42(19-24(43)9-13-37)32-25-10-16-41(28-6-3-5-23-7-8-26(36)31(35)30(23)28)20-27(25)38-33(39-32)45-22-34(11-12-34)21-40-14-4-15-40/h2-3,5-8,24H,1,4,9-12,14-22H2. The summed E-state index contributed by atoms with van der Waals surface area (Å²) in [6.07, 6.45) is 5.75. The third-order valence-corrected chi connectivity index (χ3v) is 10.2. The second kappa shape index (κ2) is 12.1. The molecule has 9 nitrogen and oxygen atoms in total. The maximum absolute atomic E-state index is 14.6. The number of likely N-dealkylation sites (tertiary alicyclic amines) is 1. The van der Waals surface area contributed by atoms with Crippen molar-refractivity contribution < 1.29 is 13.9 Å². The number of fused-ring (bicyclic) bond motifs is 2. The lowest BCUT2D eigenvalue weighted by Gasteiger charge is -2.42. The third-order valence-electron chi connectivity index (χ3n) is 9.82. The summed E-state index contributed by atoms with van der Waals surface area (Å²) >= 11 is 6.51. The van der Waals surface area contributed by atoms with Gasteiger partial charge in [-0.2, -0.15) is 15.2 Å². The maximum atomic E-state index is 14.6. The highest BCUT2D eigenvalue weighted by molar-refractivity contribution is 6.36. The first kappa shape index (κ1) is 29.8. The molecule has 0 bridgehead atoms. The summed E-state index contributed by atoms with van der Waals surface area (Å²) in [7, 11) is 0. The largest absolute Gasteiger partial charge is 0.463 e. The molecule has 1 saturated carbocycles. The van der Waals surface area contributed by atoms with E-state index in [1.54, 1.807) is 11.0 Å². The molecule has 11 heteroatoms. The summed E-state index contributed by atoms with van der Waals surface area (Å²) < 4.78 is 21.0. The zero-order valence-electron chi connectivity index (χ0n) is 25.4. The molecule has 1 aliphatic carbocycles. The summed E-state index contributed by atoms with van der Waals surface area (Å²) in [6, 6.07) is 11.4. The zero-order valence-corrected chi connectivity index (χ0v) is 26.1. The quantitative estimate of drug-likeness (QED) is 0.307. The van der Waals surface area contributed by atoms with Crippen LogP contribution in [0.25, 0.3) is 10.8 Å². The Balaban J connectivity index is 1.21. The van der Waals surface area contributed by atoms with Gasteiger partial charge < -0.3 is 24.3 Å². The average Bonchev–Trinajstić information content (AvgIpc) is 3.82. The third kappa shape index (κ3) is 5.80. The first-order valence-electron chi connectivity index (χ1n) is 15.8. The number of rotatable bonds is 9. The van der Waals surface area contributed by atoms with Gasteiger partial charge in [0.25, 0.3) is 0 Å². The molecule has 3 aliphatic heterocycles. The van der Waals surface area contributed by atoms with E-state index < -0.39 is 5.82 Å². The number of anilines is 2. The zero-order chi connectivity index (χ0) is 31.1. The Morgan fingerprint density at radius 3 is 2.73 bits per heavy atom. The van der Waals surface area contributed by atoms with Gasteiger partial charge >= 0.3 is 6.01 Å². The number of aromatic nitrogens is 2. The van der Waals surface area contributed by atoms with Crippen molar-refractivity contribution in [2.75, 3.05) is 62.2 Å². The molecule has 2 aromatic carbocycles. The summed E-state index contributed by atoms with van der Waals surface area (Å²) in [5.41, 5.74) is 2.92. The molecule has 0 N–H and O–H groups in total. The van der Waals surface area contributed by atoms with E-state index in [2.05, 4.69) is 27.3 Å². The van der Waals surface area contributed by atoms with E-state index in [9.17, 15) is 14.4 Å². The number of hydrogen-bond donors (Lipinski definition) is 0. The van der Waals surface area contributed by atoms with E-state index in [4.69, 9.17) is 26.3 Å². The van der Waals surface area contributed by atoms with Gasteiger partial charge in [0.05, 0.1) is 42.4 Å². The number of amides is 1. The number of carbonyl (C=O) groups excluding carboxylic acids is 1. The highest BCUT2D eigenvalue weighted by Crippen LogP contribution is 2.47. The lowest BCUT2D eigenvalue weighted by atomic mass is 10.0. The Kier molecular flexibility index (Phi) is 8.00. The van der Waals surface area contributed by atoms with Crippen LogP contribution in [0.1, 0.15) is 36.9 Å². The SMILES string of the molecule is C=CC(=O)N1CCN(c2nc(OCC3(CN4CCC4)CC3)nc3c2CCN(c2cccc4ccc(F)c(Cl)c24)C3)CC1CC#N. The van der Waals surface area contributed by atoms with Crippen LogP contribution in [0.3, 0.4) is 0 Å². The van der Waals surface area contributed by atoms with Crippen LogP contribution in [0, 0.1) is 22.6 Å². The van der Waals surface area contributed by atoms with Gasteiger partial charge in [0.2, 0.25) is 5.91 Å². The molecule has 3 fully saturated rings. The van der Waals surface area contributed by atoms with Gasteiger partial charge in [-0.25, -0.2) is 4.39 Å². The van der Waals surface area contributed by atoms with Crippen LogP contribution in [-0.4, -0.2) is 84.1 Å². The number of carbonyl (C=O) groups is 1. The second-order valence-corrected chi connectivity index (χ2v) is 13.2. The highest BCUT2D eigenvalue weighted by atomic mass is 35.5. The Morgan fingerprint density at radius 2 is 2.00 bits per heavy atom. The molecule has 1 atom stereocenters. The van der Waals surface area contributed by atoms with Crippen molar-refractivity contribution in [3.8, 4) is 12.1 Å². The fourth-order valence-corrected chi connectivity index (χ4v) is 7.24. The molecule has 0 spiro atoms. The number of hydrogen-bond acceptors (Lipinski definition) is 8. The molecule has 2 saturated heterocycles. The molecule has 4 heterocycles. The van der Waals surface area contributed by atoms with Crippen LogP contribution >= 0.6 is 11.6 Å². The molecule has 1 unspecified atom stereocenters. The molecule has 7 rings (SSSR count). The molecular weight excluding hydrogens is 593 g/mol. The molecule has 1 aromatic heterocycles. The Bertz CT molecular complexity index is 1690. The predicted octanol–water partition coefficient (Wildman–Crippen LogP) is 4.97. The first-order valence-corrected chi connectivity index (χ1v) is 16.2. The fourth-order valence-electron chi connectivity index (χ4n) is 6.97. The van der Waals surface area contributed by atoms with Crippen LogP contribution in [0.5, 0.6) is 6.01 Å².